The Morgan fingerprint density at radius 1 is 1.14 bits per heavy atom. The average molecular weight is 199 g/mol. The molecule has 14 heavy (non-hydrogen) atoms. The van der Waals surface area contributed by atoms with Gasteiger partial charge in [-0.15, -0.1) is 0 Å². The van der Waals surface area contributed by atoms with Crippen LogP contribution in [0.3, 0.4) is 0 Å². The molecule has 1 heterocycles. The number of nitrogens with zero attached hydrogens (tertiary/aromatic N) is 1. The smallest absolute Gasteiger partial charge is 0.0597 e. The quantitative estimate of drug-likeness (QED) is 0.647. The van der Waals surface area contributed by atoms with Gasteiger partial charge in [-0.2, -0.15) is 0 Å². The summed E-state index contributed by atoms with van der Waals surface area (Å²) in [7, 11) is 2.17. The van der Waals surface area contributed by atoms with Crippen LogP contribution < -0.4 is 0 Å². The van der Waals surface area contributed by atoms with Crippen molar-refractivity contribution in [3.63, 3.8) is 0 Å². The second-order valence-electron chi connectivity index (χ2n) is 4.57. The molecule has 2 heteroatoms. The first-order valence-corrected chi connectivity index (χ1v) is 6.10. The molecule has 2 nitrogen and oxygen atoms in total. The Morgan fingerprint density at radius 2 is 1.71 bits per heavy atom. The van der Waals surface area contributed by atoms with Crippen LogP contribution in [0.15, 0.2) is 0 Å². The van der Waals surface area contributed by atoms with E-state index in [2.05, 4.69) is 11.9 Å². The molecular weight excluding hydrogens is 174 g/mol. The van der Waals surface area contributed by atoms with Gasteiger partial charge in [0.2, 0.25) is 0 Å². The molecule has 0 aromatic heterocycles. The predicted octanol–water partition coefficient (Wildman–Crippen LogP) is 2.27. The summed E-state index contributed by atoms with van der Waals surface area (Å²) in [6.45, 7) is 6.36. The van der Waals surface area contributed by atoms with Crippen molar-refractivity contribution in [3.05, 3.63) is 0 Å². The van der Waals surface area contributed by atoms with Gasteiger partial charge in [-0.1, -0.05) is 20.3 Å². The van der Waals surface area contributed by atoms with Crippen molar-refractivity contribution in [2.24, 2.45) is 5.41 Å². The first-order chi connectivity index (χ1) is 6.73. The van der Waals surface area contributed by atoms with Gasteiger partial charge in [0.05, 0.1) is 6.10 Å². The molecule has 0 aromatic rings. The van der Waals surface area contributed by atoms with Crippen molar-refractivity contribution < 1.29 is 5.11 Å². The van der Waals surface area contributed by atoms with E-state index in [1.807, 2.05) is 13.8 Å². The Balaban J connectivity index is 0.000000461. The maximum Gasteiger partial charge on any atom is 0.0597 e. The molecule has 1 spiro atoms. The van der Waals surface area contributed by atoms with Crippen molar-refractivity contribution in [2.45, 2.75) is 52.1 Å². The standard InChI is InChI=1S/C10H19NO.C2H6/c1-11-7-5-10(6-8-11)4-2-3-9(10)12;1-2/h9,12H,2-8H2,1H3;1-2H3. The van der Waals surface area contributed by atoms with Gasteiger partial charge in [0.15, 0.2) is 0 Å². The fraction of sp³-hybridized carbons (Fsp3) is 1.00. The Kier molecular flexibility index (Phi) is 4.39. The second-order valence-corrected chi connectivity index (χ2v) is 4.57. The molecule has 0 amide bonds. The van der Waals surface area contributed by atoms with Crippen molar-refractivity contribution in [1.29, 1.82) is 0 Å². The molecule has 2 aliphatic rings. The molecule has 2 rings (SSSR count). The number of aliphatic hydroxyl groups excluding tert-OH is 1. The molecule has 1 aliphatic carbocycles. The van der Waals surface area contributed by atoms with Gasteiger partial charge in [0, 0.05) is 0 Å². The fourth-order valence-corrected chi connectivity index (χ4v) is 2.77. The highest BCUT2D eigenvalue weighted by atomic mass is 16.3. The molecule has 1 saturated heterocycles. The van der Waals surface area contributed by atoms with E-state index in [1.54, 1.807) is 0 Å². The maximum absolute atomic E-state index is 9.87. The highest BCUT2D eigenvalue weighted by Crippen LogP contribution is 2.45. The Morgan fingerprint density at radius 3 is 2.14 bits per heavy atom. The van der Waals surface area contributed by atoms with E-state index in [1.165, 1.54) is 38.8 Å². The number of likely N-dealkylation sites (tertiary alicyclic amines) is 1. The van der Waals surface area contributed by atoms with E-state index in [0.29, 0.717) is 5.41 Å². The van der Waals surface area contributed by atoms with Crippen LogP contribution in [0.1, 0.15) is 46.0 Å². The number of aliphatic hydroxyl groups is 1. The monoisotopic (exact) mass is 199 g/mol. The summed E-state index contributed by atoms with van der Waals surface area (Å²) < 4.78 is 0. The minimum absolute atomic E-state index is 0.00574. The van der Waals surface area contributed by atoms with E-state index in [0.717, 1.165) is 6.42 Å². The van der Waals surface area contributed by atoms with Crippen LogP contribution in [0.5, 0.6) is 0 Å². The van der Waals surface area contributed by atoms with Gasteiger partial charge in [0.1, 0.15) is 0 Å². The molecule has 0 radical (unpaired) electrons. The number of hydrogen-bond acceptors (Lipinski definition) is 2. The van der Waals surface area contributed by atoms with Gasteiger partial charge in [-0.25, -0.2) is 0 Å². The minimum Gasteiger partial charge on any atom is -0.393 e. The van der Waals surface area contributed by atoms with Crippen LogP contribution in [-0.2, 0) is 0 Å². The van der Waals surface area contributed by atoms with E-state index >= 15 is 0 Å². The van der Waals surface area contributed by atoms with Gasteiger partial charge in [-0.05, 0) is 51.2 Å². The third-order valence-corrected chi connectivity index (χ3v) is 3.84. The number of hydrogen-bond donors (Lipinski definition) is 1. The fourth-order valence-electron chi connectivity index (χ4n) is 2.77. The van der Waals surface area contributed by atoms with Gasteiger partial charge < -0.3 is 10.0 Å². The zero-order chi connectivity index (χ0) is 10.6. The zero-order valence-corrected chi connectivity index (χ0v) is 9.92. The lowest BCUT2D eigenvalue weighted by Gasteiger charge is -2.40. The highest BCUT2D eigenvalue weighted by Gasteiger charge is 2.43. The van der Waals surface area contributed by atoms with E-state index in [4.69, 9.17) is 0 Å². The maximum atomic E-state index is 9.87. The lowest BCUT2D eigenvalue weighted by Crippen LogP contribution is -2.42. The summed E-state index contributed by atoms with van der Waals surface area (Å²) >= 11 is 0. The number of piperidine rings is 1. The molecule has 0 bridgehead atoms. The van der Waals surface area contributed by atoms with E-state index in [9.17, 15) is 5.11 Å². The van der Waals surface area contributed by atoms with Crippen LogP contribution in [0, 0.1) is 5.41 Å². The lowest BCUT2D eigenvalue weighted by atomic mass is 9.75. The molecule has 1 aliphatic heterocycles. The van der Waals surface area contributed by atoms with Crippen molar-refractivity contribution in [1.82, 2.24) is 4.90 Å². The van der Waals surface area contributed by atoms with Crippen molar-refractivity contribution in [3.8, 4) is 0 Å². The SMILES string of the molecule is CC.CN1CCC2(CCCC2O)CC1. The first kappa shape index (κ1) is 12.0. The van der Waals surface area contributed by atoms with Crippen LogP contribution in [0.4, 0.5) is 0 Å². The molecule has 1 atom stereocenters. The van der Waals surface area contributed by atoms with Crippen LogP contribution in [0.25, 0.3) is 0 Å². The molecule has 1 N–H and O–H groups in total. The van der Waals surface area contributed by atoms with Gasteiger partial charge in [-0.3, -0.25) is 0 Å². The van der Waals surface area contributed by atoms with Crippen LogP contribution >= 0.6 is 0 Å². The molecule has 1 unspecified atom stereocenters. The summed E-state index contributed by atoms with van der Waals surface area (Å²) in [4.78, 5) is 2.37. The minimum atomic E-state index is 0.00574. The molecule has 2 fully saturated rings. The van der Waals surface area contributed by atoms with Crippen LogP contribution in [0.2, 0.25) is 0 Å². The third kappa shape index (κ3) is 2.29. The summed E-state index contributed by atoms with van der Waals surface area (Å²) in [6.07, 6.45) is 5.98. The summed E-state index contributed by atoms with van der Waals surface area (Å²) in [5.74, 6) is 0. The normalized spacial score (nSPS) is 31.3. The summed E-state index contributed by atoms with van der Waals surface area (Å²) in [6, 6.07) is 0. The second kappa shape index (κ2) is 5.13. The van der Waals surface area contributed by atoms with Gasteiger partial charge in [0.25, 0.3) is 0 Å². The zero-order valence-electron chi connectivity index (χ0n) is 9.92. The number of rotatable bonds is 0. The lowest BCUT2D eigenvalue weighted by molar-refractivity contribution is 0.00524. The Bertz CT molecular complexity index is 162. The largest absolute Gasteiger partial charge is 0.393 e. The van der Waals surface area contributed by atoms with Crippen LogP contribution in [-0.4, -0.2) is 36.2 Å². The van der Waals surface area contributed by atoms with Crippen molar-refractivity contribution in [2.75, 3.05) is 20.1 Å². The molecular formula is C12H25NO. The summed E-state index contributed by atoms with van der Waals surface area (Å²) in [5.41, 5.74) is 0.326. The van der Waals surface area contributed by atoms with E-state index < -0.39 is 0 Å². The molecule has 1 saturated carbocycles. The first-order valence-electron chi connectivity index (χ1n) is 6.10. The average Bonchev–Trinajstić information content (AvgIpc) is 2.57. The molecule has 0 aromatic carbocycles. The van der Waals surface area contributed by atoms with Gasteiger partial charge >= 0.3 is 0 Å². The topological polar surface area (TPSA) is 23.5 Å². The third-order valence-electron chi connectivity index (χ3n) is 3.84. The predicted molar refractivity (Wildman–Crippen MR) is 60.4 cm³/mol. The van der Waals surface area contributed by atoms with Crippen molar-refractivity contribution >= 4 is 0 Å². The Hall–Kier alpha value is -0.0800. The Labute approximate surface area is 88.3 Å². The van der Waals surface area contributed by atoms with E-state index in [-0.39, 0.29) is 6.10 Å². The summed E-state index contributed by atoms with van der Waals surface area (Å²) in [5, 5.41) is 9.87. The molecule has 84 valence electrons. The highest BCUT2D eigenvalue weighted by molar-refractivity contribution is 4.95.